The average molecular weight is 324 g/mol. The van der Waals surface area contributed by atoms with Gasteiger partial charge in [0.15, 0.2) is 0 Å². The lowest BCUT2D eigenvalue weighted by Gasteiger charge is -2.37. The number of aliphatic imine (C=N–C) groups is 1. The van der Waals surface area contributed by atoms with Crippen molar-refractivity contribution in [2.24, 2.45) is 21.9 Å². The largest absolute Gasteiger partial charge is 0.269 e. The van der Waals surface area contributed by atoms with Crippen molar-refractivity contribution >= 4 is 17.7 Å². The Labute approximate surface area is 140 Å². The second-order valence-electron chi connectivity index (χ2n) is 6.69. The van der Waals surface area contributed by atoms with Crippen molar-refractivity contribution < 1.29 is 4.92 Å². The summed E-state index contributed by atoms with van der Waals surface area (Å²) in [6.45, 7) is 4.24. The molecule has 1 heterocycles. The van der Waals surface area contributed by atoms with Crippen LogP contribution in [0.15, 0.2) is 58.7 Å². The number of allylic oxidation sites excluding steroid dienone is 3. The smallest absolute Gasteiger partial charge is 0.265 e. The van der Waals surface area contributed by atoms with Gasteiger partial charge < -0.3 is 0 Å². The highest BCUT2D eigenvalue weighted by Gasteiger charge is 2.35. The molecule has 0 radical (unpaired) electrons. The van der Waals surface area contributed by atoms with E-state index in [9.17, 15) is 10.1 Å². The molecule has 1 N–H and O–H groups in total. The predicted molar refractivity (Wildman–Crippen MR) is 95.2 cm³/mol. The first-order valence-corrected chi connectivity index (χ1v) is 7.93. The van der Waals surface area contributed by atoms with Crippen LogP contribution in [-0.2, 0) is 0 Å². The molecular weight excluding hydrogens is 304 g/mol. The molecule has 6 heteroatoms. The molecule has 1 aromatic rings. The number of benzene rings is 1. The zero-order valence-corrected chi connectivity index (χ0v) is 13.7. The Balaban J connectivity index is 1.72. The Hall–Kier alpha value is -2.76. The van der Waals surface area contributed by atoms with Crippen LogP contribution in [0.4, 0.5) is 5.69 Å². The van der Waals surface area contributed by atoms with E-state index in [1.54, 1.807) is 18.3 Å². The van der Waals surface area contributed by atoms with Gasteiger partial charge in [0.1, 0.15) is 5.84 Å². The van der Waals surface area contributed by atoms with Crippen LogP contribution in [-0.4, -0.2) is 22.5 Å². The first kappa shape index (κ1) is 16.1. The van der Waals surface area contributed by atoms with Crippen molar-refractivity contribution in [2.75, 3.05) is 0 Å². The third kappa shape index (κ3) is 3.59. The quantitative estimate of drug-likeness (QED) is 0.525. The summed E-state index contributed by atoms with van der Waals surface area (Å²) in [5, 5.41) is 14.9. The molecule has 2 atom stereocenters. The molecule has 124 valence electrons. The topological polar surface area (TPSA) is 79.9 Å². The first-order chi connectivity index (χ1) is 11.4. The minimum absolute atomic E-state index is 0.0699. The molecule has 2 unspecified atom stereocenters. The number of hydrogen-bond acceptors (Lipinski definition) is 5. The minimum atomic E-state index is -0.416. The molecule has 1 aromatic carbocycles. The summed E-state index contributed by atoms with van der Waals surface area (Å²) >= 11 is 0. The Morgan fingerprint density at radius 2 is 2.00 bits per heavy atom. The third-order valence-electron chi connectivity index (χ3n) is 4.22. The molecule has 1 aliphatic heterocycles. The summed E-state index contributed by atoms with van der Waals surface area (Å²) in [6, 6.07) is 6.27. The van der Waals surface area contributed by atoms with Crippen molar-refractivity contribution in [3.8, 4) is 0 Å². The maximum Gasteiger partial charge on any atom is 0.269 e. The monoisotopic (exact) mass is 324 g/mol. The lowest BCUT2D eigenvalue weighted by molar-refractivity contribution is -0.384. The second-order valence-corrected chi connectivity index (χ2v) is 6.69. The second kappa shape index (κ2) is 6.39. The summed E-state index contributed by atoms with van der Waals surface area (Å²) in [6.07, 6.45) is 11.1. The molecule has 0 aromatic heterocycles. The molecule has 2 aliphatic rings. The first-order valence-electron chi connectivity index (χ1n) is 7.93. The molecule has 6 nitrogen and oxygen atoms in total. The van der Waals surface area contributed by atoms with Gasteiger partial charge in [-0.15, -0.1) is 0 Å². The Morgan fingerprint density at radius 1 is 1.29 bits per heavy atom. The van der Waals surface area contributed by atoms with Crippen molar-refractivity contribution in [3.05, 3.63) is 64.2 Å². The van der Waals surface area contributed by atoms with Gasteiger partial charge in [-0.25, -0.2) is 0 Å². The summed E-state index contributed by atoms with van der Waals surface area (Å²) in [5.41, 5.74) is 3.80. The van der Waals surface area contributed by atoms with Crippen molar-refractivity contribution in [1.82, 2.24) is 5.43 Å². The molecule has 0 bridgehead atoms. The van der Waals surface area contributed by atoms with Gasteiger partial charge >= 0.3 is 0 Å². The van der Waals surface area contributed by atoms with E-state index >= 15 is 0 Å². The van der Waals surface area contributed by atoms with Gasteiger partial charge in [-0.2, -0.15) is 5.10 Å². The highest BCUT2D eigenvalue weighted by molar-refractivity contribution is 5.89. The number of nitro groups is 1. The highest BCUT2D eigenvalue weighted by Crippen LogP contribution is 2.35. The Kier molecular flexibility index (Phi) is 4.29. The van der Waals surface area contributed by atoms with Gasteiger partial charge in [0.2, 0.25) is 0 Å². The van der Waals surface area contributed by atoms with E-state index in [-0.39, 0.29) is 17.1 Å². The van der Waals surface area contributed by atoms with Crippen molar-refractivity contribution in [2.45, 2.75) is 25.8 Å². The van der Waals surface area contributed by atoms with Crippen LogP contribution in [0.2, 0.25) is 0 Å². The fourth-order valence-electron chi connectivity index (χ4n) is 3.12. The molecule has 3 rings (SSSR count). The van der Waals surface area contributed by atoms with Crippen LogP contribution in [0.25, 0.3) is 0 Å². The molecular formula is C18H20N4O2. The fourth-order valence-corrected chi connectivity index (χ4v) is 3.12. The van der Waals surface area contributed by atoms with E-state index in [2.05, 4.69) is 42.6 Å². The SMILES string of the molecule is CC1(C)CC2C=CC=CC2C(N/N=C/c2ccc([N+](=O)[O-])cc2)=N1. The van der Waals surface area contributed by atoms with Crippen LogP contribution in [0.1, 0.15) is 25.8 Å². The molecule has 0 spiro atoms. The van der Waals surface area contributed by atoms with E-state index in [0.717, 1.165) is 17.8 Å². The summed E-state index contributed by atoms with van der Waals surface area (Å²) < 4.78 is 0. The molecule has 0 saturated carbocycles. The Morgan fingerprint density at radius 3 is 2.71 bits per heavy atom. The molecule has 1 aliphatic carbocycles. The molecule has 0 fully saturated rings. The van der Waals surface area contributed by atoms with Gasteiger partial charge in [0, 0.05) is 18.1 Å². The van der Waals surface area contributed by atoms with Crippen LogP contribution < -0.4 is 5.43 Å². The van der Waals surface area contributed by atoms with Crippen molar-refractivity contribution in [3.63, 3.8) is 0 Å². The number of amidine groups is 1. The number of nitrogens with zero attached hydrogens (tertiary/aromatic N) is 3. The van der Waals surface area contributed by atoms with Gasteiger partial charge in [-0.1, -0.05) is 24.3 Å². The normalized spacial score (nSPS) is 24.5. The van der Waals surface area contributed by atoms with Crippen molar-refractivity contribution in [1.29, 1.82) is 0 Å². The van der Waals surface area contributed by atoms with Gasteiger partial charge in [-0.3, -0.25) is 20.5 Å². The summed E-state index contributed by atoms with van der Waals surface area (Å²) in [4.78, 5) is 15.0. The Bertz CT molecular complexity index is 745. The number of hydrazone groups is 1. The number of fused-ring (bicyclic) bond motifs is 1. The average Bonchev–Trinajstić information content (AvgIpc) is 2.54. The maximum atomic E-state index is 10.7. The molecule has 0 saturated heterocycles. The number of non-ortho nitro benzene ring substituents is 1. The lowest BCUT2D eigenvalue weighted by atomic mass is 9.76. The van der Waals surface area contributed by atoms with Crippen LogP contribution in [0.3, 0.4) is 0 Å². The molecule has 24 heavy (non-hydrogen) atoms. The number of nitro benzene ring substituents is 1. The fraction of sp³-hybridized carbons (Fsp3) is 0.333. The van der Waals surface area contributed by atoms with Gasteiger partial charge in [0.05, 0.1) is 16.7 Å². The van der Waals surface area contributed by atoms with Gasteiger partial charge in [-0.05, 0) is 43.9 Å². The van der Waals surface area contributed by atoms with Crippen LogP contribution in [0.5, 0.6) is 0 Å². The number of rotatable bonds is 3. The predicted octanol–water partition coefficient (Wildman–Crippen LogP) is 3.46. The molecule has 0 amide bonds. The minimum Gasteiger partial charge on any atom is -0.265 e. The zero-order chi connectivity index (χ0) is 17.2. The van der Waals surface area contributed by atoms with E-state index < -0.39 is 4.92 Å². The highest BCUT2D eigenvalue weighted by atomic mass is 16.6. The lowest BCUT2D eigenvalue weighted by Crippen LogP contribution is -2.41. The zero-order valence-electron chi connectivity index (χ0n) is 13.7. The standard InChI is InChI=1S/C18H20N4O2/c1-18(2)11-14-5-3-4-6-16(14)17(20-18)21-19-12-13-7-9-15(10-8-13)22(23)24/h3-10,12,14,16H,11H2,1-2H3,(H,20,21)/b19-12+. The van der Waals surface area contributed by atoms with E-state index in [4.69, 9.17) is 4.99 Å². The summed E-state index contributed by atoms with van der Waals surface area (Å²) in [5.74, 6) is 1.51. The number of nitrogens with one attached hydrogen (secondary N) is 1. The van der Waals surface area contributed by atoms with Gasteiger partial charge in [0.25, 0.3) is 5.69 Å². The van der Waals surface area contributed by atoms with Crippen LogP contribution >= 0.6 is 0 Å². The number of hydrogen-bond donors (Lipinski definition) is 1. The van der Waals surface area contributed by atoms with Crippen LogP contribution in [0, 0.1) is 22.0 Å². The van der Waals surface area contributed by atoms with E-state index in [1.807, 2.05) is 6.08 Å². The van der Waals surface area contributed by atoms with E-state index in [1.165, 1.54) is 12.1 Å². The van der Waals surface area contributed by atoms with E-state index in [0.29, 0.717) is 5.92 Å². The third-order valence-corrected chi connectivity index (χ3v) is 4.22. The maximum absolute atomic E-state index is 10.7. The summed E-state index contributed by atoms with van der Waals surface area (Å²) in [7, 11) is 0.